The molecule has 1 atom stereocenters. The molecule has 1 aromatic heterocycles. The number of hydrogen-bond acceptors (Lipinski definition) is 4. The first-order valence-electron chi connectivity index (χ1n) is 6.50. The Morgan fingerprint density at radius 3 is 3.05 bits per heavy atom. The lowest BCUT2D eigenvalue weighted by molar-refractivity contribution is 0.0631. The number of furan rings is 1. The van der Waals surface area contributed by atoms with E-state index in [9.17, 15) is 4.79 Å². The van der Waals surface area contributed by atoms with Gasteiger partial charge in [0.1, 0.15) is 12.2 Å². The first-order valence-corrected chi connectivity index (χ1v) is 6.50. The van der Waals surface area contributed by atoms with Crippen molar-refractivity contribution in [3.8, 4) is 0 Å². The number of ketones is 1. The third kappa shape index (κ3) is 2.85. The molecule has 2 aromatic rings. The fourth-order valence-electron chi connectivity index (χ4n) is 2.22. The van der Waals surface area contributed by atoms with E-state index in [1.54, 1.807) is 6.07 Å². The van der Waals surface area contributed by atoms with Crippen LogP contribution in [0.2, 0.25) is 0 Å². The molecular formula is C15H16O4. The summed E-state index contributed by atoms with van der Waals surface area (Å²) in [6, 6.07) is 9.34. The van der Waals surface area contributed by atoms with Gasteiger partial charge >= 0.3 is 0 Å². The SMILES string of the molecule is O=C(COCC1CCOC1)c1cc2ccccc2o1. The molecule has 0 radical (unpaired) electrons. The Kier molecular flexibility index (Phi) is 3.62. The number of fused-ring (bicyclic) bond motifs is 1. The van der Waals surface area contributed by atoms with Crippen molar-refractivity contribution in [1.82, 2.24) is 0 Å². The average molecular weight is 260 g/mol. The third-order valence-corrected chi connectivity index (χ3v) is 3.31. The predicted octanol–water partition coefficient (Wildman–Crippen LogP) is 2.67. The Balaban J connectivity index is 1.57. The van der Waals surface area contributed by atoms with Crippen molar-refractivity contribution in [2.75, 3.05) is 26.4 Å². The van der Waals surface area contributed by atoms with Crippen molar-refractivity contribution in [2.45, 2.75) is 6.42 Å². The van der Waals surface area contributed by atoms with Gasteiger partial charge in [-0.05, 0) is 18.6 Å². The summed E-state index contributed by atoms with van der Waals surface area (Å²) in [4.78, 5) is 11.9. The zero-order valence-electron chi connectivity index (χ0n) is 10.6. The second-order valence-corrected chi connectivity index (χ2v) is 4.82. The molecule has 0 aliphatic carbocycles. The lowest BCUT2D eigenvalue weighted by Gasteiger charge is -2.06. The van der Waals surface area contributed by atoms with Crippen molar-refractivity contribution in [3.63, 3.8) is 0 Å². The molecule has 100 valence electrons. The van der Waals surface area contributed by atoms with Gasteiger partial charge in [-0.25, -0.2) is 0 Å². The number of benzene rings is 1. The Hall–Kier alpha value is -1.65. The topological polar surface area (TPSA) is 48.7 Å². The number of rotatable bonds is 5. The molecule has 4 nitrogen and oxygen atoms in total. The lowest BCUT2D eigenvalue weighted by atomic mass is 10.1. The summed E-state index contributed by atoms with van der Waals surface area (Å²) in [5.41, 5.74) is 0.732. The Morgan fingerprint density at radius 1 is 1.37 bits per heavy atom. The third-order valence-electron chi connectivity index (χ3n) is 3.31. The molecule has 1 aliphatic heterocycles. The molecule has 1 aromatic carbocycles. The van der Waals surface area contributed by atoms with E-state index in [1.807, 2.05) is 24.3 Å². The highest BCUT2D eigenvalue weighted by molar-refractivity contribution is 5.98. The second-order valence-electron chi connectivity index (χ2n) is 4.82. The molecular weight excluding hydrogens is 244 g/mol. The highest BCUT2D eigenvalue weighted by Crippen LogP contribution is 2.19. The number of para-hydroxylation sites is 1. The molecule has 0 saturated carbocycles. The van der Waals surface area contributed by atoms with E-state index in [-0.39, 0.29) is 12.4 Å². The van der Waals surface area contributed by atoms with E-state index >= 15 is 0 Å². The summed E-state index contributed by atoms with van der Waals surface area (Å²) in [6.45, 7) is 2.17. The van der Waals surface area contributed by atoms with E-state index in [2.05, 4.69) is 0 Å². The minimum absolute atomic E-state index is 0.0658. The fraction of sp³-hybridized carbons (Fsp3) is 0.400. The van der Waals surface area contributed by atoms with Gasteiger partial charge in [-0.1, -0.05) is 18.2 Å². The summed E-state index contributed by atoms with van der Waals surface area (Å²) in [5.74, 6) is 0.669. The molecule has 2 heterocycles. The zero-order chi connectivity index (χ0) is 13.1. The highest BCUT2D eigenvalue weighted by atomic mass is 16.5. The quantitative estimate of drug-likeness (QED) is 0.775. The van der Waals surface area contributed by atoms with Crippen LogP contribution in [0, 0.1) is 5.92 Å². The molecule has 4 heteroatoms. The lowest BCUT2D eigenvalue weighted by Crippen LogP contribution is -2.14. The van der Waals surface area contributed by atoms with Crippen molar-refractivity contribution < 1.29 is 18.7 Å². The van der Waals surface area contributed by atoms with Gasteiger partial charge in [0.05, 0.1) is 13.2 Å². The maximum Gasteiger partial charge on any atom is 0.223 e. The van der Waals surface area contributed by atoms with Gasteiger partial charge in [0.2, 0.25) is 5.78 Å². The Bertz CT molecular complexity index is 533. The van der Waals surface area contributed by atoms with Crippen LogP contribution >= 0.6 is 0 Å². The number of carbonyl (C=O) groups excluding carboxylic acids is 1. The molecule has 3 rings (SSSR count). The van der Waals surface area contributed by atoms with Crippen LogP contribution < -0.4 is 0 Å². The molecule has 19 heavy (non-hydrogen) atoms. The molecule has 1 unspecified atom stereocenters. The Morgan fingerprint density at radius 2 is 2.26 bits per heavy atom. The van der Waals surface area contributed by atoms with Gasteiger partial charge in [-0.2, -0.15) is 0 Å². The molecule has 0 spiro atoms. The maximum absolute atomic E-state index is 11.9. The van der Waals surface area contributed by atoms with Crippen LogP contribution in [-0.2, 0) is 9.47 Å². The normalized spacial score (nSPS) is 19.1. The first-order chi connectivity index (χ1) is 9.33. The summed E-state index contributed by atoms with van der Waals surface area (Å²) >= 11 is 0. The minimum Gasteiger partial charge on any atom is -0.453 e. The van der Waals surface area contributed by atoms with E-state index in [0.29, 0.717) is 18.3 Å². The van der Waals surface area contributed by atoms with Crippen molar-refractivity contribution >= 4 is 16.8 Å². The summed E-state index contributed by atoms with van der Waals surface area (Å²) in [6.07, 6.45) is 1.01. The largest absolute Gasteiger partial charge is 0.453 e. The van der Waals surface area contributed by atoms with Crippen LogP contribution in [0.4, 0.5) is 0 Å². The highest BCUT2D eigenvalue weighted by Gasteiger charge is 2.17. The second kappa shape index (κ2) is 5.55. The molecule has 0 N–H and O–H groups in total. The van der Waals surface area contributed by atoms with E-state index in [0.717, 1.165) is 30.6 Å². The van der Waals surface area contributed by atoms with Crippen LogP contribution in [0.5, 0.6) is 0 Å². The summed E-state index contributed by atoms with van der Waals surface area (Å²) in [7, 11) is 0. The molecule has 1 fully saturated rings. The van der Waals surface area contributed by atoms with Crippen LogP contribution in [0.1, 0.15) is 17.0 Å². The van der Waals surface area contributed by atoms with E-state index in [4.69, 9.17) is 13.9 Å². The smallest absolute Gasteiger partial charge is 0.223 e. The van der Waals surface area contributed by atoms with Gasteiger partial charge in [0.25, 0.3) is 0 Å². The number of carbonyl (C=O) groups is 1. The van der Waals surface area contributed by atoms with Gasteiger partial charge in [0, 0.05) is 17.9 Å². The van der Waals surface area contributed by atoms with Crippen LogP contribution in [0.3, 0.4) is 0 Å². The molecule has 0 bridgehead atoms. The predicted molar refractivity (Wildman–Crippen MR) is 70.3 cm³/mol. The Labute approximate surface area is 111 Å². The van der Waals surface area contributed by atoms with Crippen molar-refractivity contribution in [3.05, 3.63) is 36.1 Å². The molecule has 1 saturated heterocycles. The van der Waals surface area contributed by atoms with E-state index < -0.39 is 0 Å². The summed E-state index contributed by atoms with van der Waals surface area (Å²) < 4.78 is 16.2. The van der Waals surface area contributed by atoms with Gasteiger partial charge in [-0.15, -0.1) is 0 Å². The van der Waals surface area contributed by atoms with Crippen LogP contribution in [-0.4, -0.2) is 32.2 Å². The number of ether oxygens (including phenoxy) is 2. The monoisotopic (exact) mass is 260 g/mol. The van der Waals surface area contributed by atoms with Gasteiger partial charge in [-0.3, -0.25) is 4.79 Å². The maximum atomic E-state index is 11.9. The number of hydrogen-bond donors (Lipinski definition) is 0. The van der Waals surface area contributed by atoms with Gasteiger partial charge in [0.15, 0.2) is 5.76 Å². The molecule has 0 amide bonds. The number of Topliss-reactive ketones (excluding diaryl/α,β-unsaturated/α-hetero) is 1. The van der Waals surface area contributed by atoms with Crippen molar-refractivity contribution in [2.24, 2.45) is 5.92 Å². The van der Waals surface area contributed by atoms with E-state index in [1.165, 1.54) is 0 Å². The summed E-state index contributed by atoms with van der Waals surface area (Å²) in [5, 5.41) is 0.940. The standard InChI is InChI=1S/C15H16O4/c16-13(10-18-9-11-5-6-17-8-11)15-7-12-3-1-2-4-14(12)19-15/h1-4,7,11H,5-6,8-10H2. The van der Waals surface area contributed by atoms with Gasteiger partial charge < -0.3 is 13.9 Å². The fourth-order valence-corrected chi connectivity index (χ4v) is 2.22. The minimum atomic E-state index is -0.116. The zero-order valence-corrected chi connectivity index (χ0v) is 10.6. The van der Waals surface area contributed by atoms with Crippen molar-refractivity contribution in [1.29, 1.82) is 0 Å². The van der Waals surface area contributed by atoms with Crippen LogP contribution in [0.15, 0.2) is 34.7 Å². The average Bonchev–Trinajstić information content (AvgIpc) is 3.07. The van der Waals surface area contributed by atoms with Crippen LogP contribution in [0.25, 0.3) is 11.0 Å². The molecule has 1 aliphatic rings. The first kappa shape index (κ1) is 12.4.